The van der Waals surface area contributed by atoms with Gasteiger partial charge in [-0.2, -0.15) is 5.26 Å². The lowest BCUT2D eigenvalue weighted by Crippen LogP contribution is -2.14. The highest BCUT2D eigenvalue weighted by molar-refractivity contribution is 7.17. The van der Waals surface area contributed by atoms with Crippen LogP contribution in [-0.4, -0.2) is 28.2 Å². The molecule has 34 heavy (non-hydrogen) atoms. The Hall–Kier alpha value is -4.00. The minimum Gasteiger partial charge on any atom is -0.496 e. The van der Waals surface area contributed by atoms with Crippen LogP contribution in [0.15, 0.2) is 60.8 Å². The van der Waals surface area contributed by atoms with Gasteiger partial charge in [-0.1, -0.05) is 47.0 Å². The molecule has 1 amide bonds. The molecule has 4 aromatic rings. The van der Waals surface area contributed by atoms with Crippen molar-refractivity contribution in [3.63, 3.8) is 0 Å². The standard InChI is InChI=1S/C24H18ClN5O3S/c1-32-21-5-3-2-4-18(21)19-12-17(10-11-26)27-13-20(19)22(31)28-23-29-30-24(34-23)33-14-15-6-8-16(25)9-7-15/h2-9,12-13H,10,14H2,1H3,(H,28,29,31). The molecule has 2 heterocycles. The highest BCUT2D eigenvalue weighted by Gasteiger charge is 2.19. The first-order valence-electron chi connectivity index (χ1n) is 10.1. The summed E-state index contributed by atoms with van der Waals surface area (Å²) in [6.07, 6.45) is 1.57. The number of carbonyl (C=O) groups is 1. The number of hydrogen-bond acceptors (Lipinski definition) is 8. The van der Waals surface area contributed by atoms with Gasteiger partial charge < -0.3 is 9.47 Å². The summed E-state index contributed by atoms with van der Waals surface area (Å²) in [7, 11) is 1.56. The van der Waals surface area contributed by atoms with Gasteiger partial charge >= 0.3 is 0 Å². The number of nitrogens with one attached hydrogen (secondary N) is 1. The molecule has 4 rings (SSSR count). The van der Waals surface area contributed by atoms with E-state index in [1.165, 1.54) is 6.20 Å². The summed E-state index contributed by atoms with van der Waals surface area (Å²) in [5, 5.41) is 21.0. The Morgan fingerprint density at radius 2 is 1.94 bits per heavy atom. The predicted molar refractivity (Wildman–Crippen MR) is 129 cm³/mol. The van der Waals surface area contributed by atoms with Crippen molar-refractivity contribution >= 4 is 34.0 Å². The number of nitriles is 1. The van der Waals surface area contributed by atoms with Crippen LogP contribution in [-0.2, 0) is 13.0 Å². The topological polar surface area (TPSA) is 110 Å². The number of halogens is 1. The third-order valence-electron chi connectivity index (χ3n) is 4.77. The lowest BCUT2D eigenvalue weighted by atomic mass is 9.98. The van der Waals surface area contributed by atoms with Gasteiger partial charge in [0.2, 0.25) is 5.13 Å². The number of anilines is 1. The first-order chi connectivity index (χ1) is 16.6. The van der Waals surface area contributed by atoms with Crippen LogP contribution in [0.25, 0.3) is 11.1 Å². The number of amides is 1. The number of methoxy groups -OCH3 is 1. The third-order valence-corrected chi connectivity index (χ3v) is 5.77. The molecule has 1 N–H and O–H groups in total. The van der Waals surface area contributed by atoms with Crippen LogP contribution in [0.2, 0.25) is 5.02 Å². The molecule has 0 fully saturated rings. The van der Waals surface area contributed by atoms with Crippen LogP contribution in [0.4, 0.5) is 5.13 Å². The Morgan fingerprint density at radius 1 is 1.15 bits per heavy atom. The summed E-state index contributed by atoms with van der Waals surface area (Å²) in [5.74, 6) is 0.178. The fourth-order valence-electron chi connectivity index (χ4n) is 3.16. The van der Waals surface area contributed by atoms with Crippen molar-refractivity contribution in [1.82, 2.24) is 15.2 Å². The van der Waals surface area contributed by atoms with Crippen molar-refractivity contribution in [3.8, 4) is 28.1 Å². The van der Waals surface area contributed by atoms with Crippen LogP contribution in [0.5, 0.6) is 10.9 Å². The van der Waals surface area contributed by atoms with Gasteiger partial charge in [-0.15, -0.1) is 5.10 Å². The SMILES string of the molecule is COc1ccccc1-c1cc(CC#N)ncc1C(=O)Nc1nnc(OCc2ccc(Cl)cc2)s1. The van der Waals surface area contributed by atoms with E-state index in [2.05, 4.69) is 26.6 Å². The number of pyridine rings is 1. The second kappa shape index (κ2) is 10.7. The Labute approximate surface area is 204 Å². The van der Waals surface area contributed by atoms with Gasteiger partial charge in [0.15, 0.2) is 0 Å². The minimum absolute atomic E-state index is 0.120. The van der Waals surface area contributed by atoms with Crippen LogP contribution >= 0.6 is 22.9 Å². The second-order valence-corrected chi connectivity index (χ2v) is 8.38. The lowest BCUT2D eigenvalue weighted by Gasteiger charge is -2.13. The summed E-state index contributed by atoms with van der Waals surface area (Å²) in [6, 6.07) is 18.4. The van der Waals surface area contributed by atoms with E-state index in [9.17, 15) is 4.79 Å². The highest BCUT2D eigenvalue weighted by Crippen LogP contribution is 2.33. The normalized spacial score (nSPS) is 10.4. The number of benzene rings is 2. The molecule has 0 radical (unpaired) electrons. The first-order valence-corrected chi connectivity index (χ1v) is 11.3. The van der Waals surface area contributed by atoms with Gasteiger partial charge in [0.1, 0.15) is 12.4 Å². The number of aromatic nitrogens is 3. The number of ether oxygens (including phenoxy) is 2. The zero-order valence-electron chi connectivity index (χ0n) is 18.0. The molecule has 8 nitrogen and oxygen atoms in total. The van der Waals surface area contributed by atoms with E-state index in [1.54, 1.807) is 31.4 Å². The number of hydrogen-bond donors (Lipinski definition) is 1. The zero-order valence-corrected chi connectivity index (χ0v) is 19.6. The first kappa shape index (κ1) is 23.2. The molecule has 10 heteroatoms. The van der Waals surface area contributed by atoms with Gasteiger partial charge in [-0.3, -0.25) is 15.1 Å². The van der Waals surface area contributed by atoms with Crippen LogP contribution in [0, 0.1) is 11.3 Å². The quantitative estimate of drug-likeness (QED) is 0.362. The molecule has 0 spiro atoms. The Balaban J connectivity index is 1.54. The van der Waals surface area contributed by atoms with E-state index in [0.29, 0.717) is 45.0 Å². The van der Waals surface area contributed by atoms with Gasteiger partial charge in [-0.05, 0) is 41.2 Å². The Bertz CT molecular complexity index is 1350. The monoisotopic (exact) mass is 491 g/mol. The van der Waals surface area contributed by atoms with Crippen molar-refractivity contribution in [2.24, 2.45) is 0 Å². The summed E-state index contributed by atoms with van der Waals surface area (Å²) in [5.41, 5.74) is 3.09. The largest absolute Gasteiger partial charge is 0.496 e. The molecule has 0 bridgehead atoms. The summed E-state index contributed by atoms with van der Waals surface area (Å²) >= 11 is 7.00. The van der Waals surface area contributed by atoms with Crippen LogP contribution < -0.4 is 14.8 Å². The minimum atomic E-state index is -0.419. The van der Waals surface area contributed by atoms with E-state index >= 15 is 0 Å². The third kappa shape index (κ3) is 5.49. The lowest BCUT2D eigenvalue weighted by molar-refractivity contribution is 0.102. The molecule has 0 saturated carbocycles. The Morgan fingerprint density at radius 3 is 2.71 bits per heavy atom. The maximum Gasteiger partial charge on any atom is 0.296 e. The van der Waals surface area contributed by atoms with Crippen LogP contribution in [0.3, 0.4) is 0 Å². The molecule has 170 valence electrons. The number of rotatable bonds is 8. The van der Waals surface area contributed by atoms with E-state index in [0.717, 1.165) is 16.9 Å². The molecule has 0 atom stereocenters. The van der Waals surface area contributed by atoms with Crippen molar-refractivity contribution < 1.29 is 14.3 Å². The molecule has 2 aromatic heterocycles. The summed E-state index contributed by atoms with van der Waals surface area (Å²) in [6.45, 7) is 0.294. The van der Waals surface area contributed by atoms with Gasteiger partial charge in [-0.25, -0.2) is 0 Å². The average Bonchev–Trinajstić information content (AvgIpc) is 3.31. The molecule has 0 unspecified atom stereocenters. The van der Waals surface area contributed by atoms with E-state index in [1.807, 2.05) is 30.3 Å². The molecule has 2 aromatic carbocycles. The van der Waals surface area contributed by atoms with E-state index in [-0.39, 0.29) is 11.6 Å². The van der Waals surface area contributed by atoms with Crippen molar-refractivity contribution in [2.45, 2.75) is 13.0 Å². The molecule has 0 aliphatic heterocycles. The van der Waals surface area contributed by atoms with E-state index < -0.39 is 5.91 Å². The molecular formula is C24H18ClN5O3S. The zero-order chi connectivity index (χ0) is 23.9. The maximum atomic E-state index is 13.1. The second-order valence-electron chi connectivity index (χ2n) is 7.00. The molecule has 0 aliphatic carbocycles. The smallest absolute Gasteiger partial charge is 0.296 e. The summed E-state index contributed by atoms with van der Waals surface area (Å²) in [4.78, 5) is 17.4. The molecular weight excluding hydrogens is 474 g/mol. The fraction of sp³-hybridized carbons (Fsp3) is 0.125. The molecule has 0 saturated heterocycles. The number of carbonyl (C=O) groups excluding carboxylic acids is 1. The maximum absolute atomic E-state index is 13.1. The average molecular weight is 492 g/mol. The van der Waals surface area contributed by atoms with Crippen molar-refractivity contribution in [1.29, 1.82) is 5.26 Å². The number of nitrogens with zero attached hydrogens (tertiary/aromatic N) is 4. The van der Waals surface area contributed by atoms with Crippen LogP contribution in [0.1, 0.15) is 21.6 Å². The number of para-hydroxylation sites is 1. The fourth-order valence-corrected chi connectivity index (χ4v) is 3.87. The molecule has 0 aliphatic rings. The van der Waals surface area contributed by atoms with Crippen molar-refractivity contribution in [2.75, 3.05) is 12.4 Å². The summed E-state index contributed by atoms with van der Waals surface area (Å²) < 4.78 is 11.1. The van der Waals surface area contributed by atoms with Gasteiger partial charge in [0, 0.05) is 22.3 Å². The van der Waals surface area contributed by atoms with Gasteiger partial charge in [0.25, 0.3) is 11.1 Å². The van der Waals surface area contributed by atoms with Crippen molar-refractivity contribution in [3.05, 3.63) is 82.6 Å². The Kier molecular flexibility index (Phi) is 7.32. The predicted octanol–water partition coefficient (Wildman–Crippen LogP) is 5.16. The van der Waals surface area contributed by atoms with Gasteiger partial charge in [0.05, 0.1) is 30.9 Å². The highest BCUT2D eigenvalue weighted by atomic mass is 35.5. The van der Waals surface area contributed by atoms with E-state index in [4.69, 9.17) is 26.3 Å².